The van der Waals surface area contributed by atoms with Gasteiger partial charge in [-0.25, -0.2) is 4.79 Å². The first-order chi connectivity index (χ1) is 12.6. The van der Waals surface area contributed by atoms with Crippen molar-refractivity contribution in [1.82, 2.24) is 0 Å². The third kappa shape index (κ3) is 2.85. The molecular weight excluding hydrogens is 326 g/mol. The van der Waals surface area contributed by atoms with Gasteiger partial charge in [0.25, 0.3) is 0 Å². The molecule has 0 saturated carbocycles. The number of benzene rings is 2. The van der Waals surface area contributed by atoms with Gasteiger partial charge in [0.15, 0.2) is 6.23 Å². The van der Waals surface area contributed by atoms with Crippen molar-refractivity contribution >= 4 is 11.7 Å². The molecule has 0 spiro atoms. The van der Waals surface area contributed by atoms with Crippen LogP contribution >= 0.6 is 0 Å². The molecule has 0 bridgehead atoms. The van der Waals surface area contributed by atoms with Crippen LogP contribution in [-0.4, -0.2) is 18.8 Å². The minimum atomic E-state index is -0.251. The molecule has 4 heteroatoms. The maximum absolute atomic E-state index is 12.7. The summed E-state index contributed by atoms with van der Waals surface area (Å²) in [6.45, 7) is 6.33. The smallest absolute Gasteiger partial charge is 0.336 e. The third-order valence-electron chi connectivity index (χ3n) is 5.01. The number of hydrogen-bond donors (Lipinski definition) is 0. The van der Waals surface area contributed by atoms with Crippen LogP contribution in [0.4, 0.5) is 5.69 Å². The summed E-state index contributed by atoms with van der Waals surface area (Å²) in [5.74, 6) is 0.578. The number of ether oxygens (including phenoxy) is 2. The van der Waals surface area contributed by atoms with Crippen molar-refractivity contribution in [3.63, 3.8) is 0 Å². The number of aryl methyl sites for hydroxylation is 2. The van der Waals surface area contributed by atoms with Crippen LogP contribution < -0.4 is 9.64 Å². The van der Waals surface area contributed by atoms with Gasteiger partial charge in [0.05, 0.1) is 17.9 Å². The van der Waals surface area contributed by atoms with Gasteiger partial charge in [-0.1, -0.05) is 35.9 Å². The number of rotatable bonds is 3. The Balaban J connectivity index is 1.77. The number of carbonyl (C=O) groups is 1. The van der Waals surface area contributed by atoms with E-state index in [1.54, 1.807) is 0 Å². The fourth-order valence-electron chi connectivity index (χ4n) is 3.78. The van der Waals surface area contributed by atoms with Crippen molar-refractivity contribution in [1.29, 1.82) is 0 Å². The summed E-state index contributed by atoms with van der Waals surface area (Å²) < 4.78 is 11.5. The second-order valence-electron chi connectivity index (χ2n) is 6.96. The number of carbonyl (C=O) groups excluding carboxylic acids is 1. The lowest BCUT2D eigenvalue weighted by Gasteiger charge is -2.33. The van der Waals surface area contributed by atoms with Crippen molar-refractivity contribution < 1.29 is 14.3 Å². The largest absolute Gasteiger partial charge is 0.468 e. The Bertz CT molecular complexity index is 887. The molecule has 0 aliphatic carbocycles. The average Bonchev–Trinajstić information content (AvgIpc) is 2.98. The minimum Gasteiger partial charge on any atom is -0.468 e. The molecule has 2 aliphatic heterocycles. The van der Waals surface area contributed by atoms with E-state index in [4.69, 9.17) is 9.47 Å². The number of nitrogens with zero attached hydrogens (tertiary/aromatic N) is 1. The van der Waals surface area contributed by atoms with Crippen molar-refractivity contribution in [2.45, 2.75) is 39.3 Å². The lowest BCUT2D eigenvalue weighted by molar-refractivity contribution is -0.139. The fourth-order valence-corrected chi connectivity index (χ4v) is 3.78. The molecule has 0 fully saturated rings. The zero-order valence-electron chi connectivity index (χ0n) is 15.4. The van der Waals surface area contributed by atoms with Crippen LogP contribution in [0.3, 0.4) is 0 Å². The molecule has 4 nitrogen and oxygen atoms in total. The molecule has 134 valence electrons. The summed E-state index contributed by atoms with van der Waals surface area (Å²) in [4.78, 5) is 14.7. The van der Waals surface area contributed by atoms with E-state index in [1.807, 2.05) is 31.3 Å². The Morgan fingerprint density at radius 2 is 2.00 bits per heavy atom. The fraction of sp³-hybridized carbons (Fsp3) is 0.318. The van der Waals surface area contributed by atoms with E-state index in [0.717, 1.165) is 17.0 Å². The van der Waals surface area contributed by atoms with Crippen LogP contribution in [0.5, 0.6) is 5.75 Å². The van der Waals surface area contributed by atoms with Gasteiger partial charge in [0, 0.05) is 18.5 Å². The Hall–Kier alpha value is -2.75. The molecule has 26 heavy (non-hydrogen) atoms. The quantitative estimate of drug-likeness (QED) is 0.767. The molecule has 2 aliphatic rings. The van der Waals surface area contributed by atoms with Crippen LogP contribution in [-0.2, 0) is 9.53 Å². The molecule has 0 saturated heterocycles. The van der Waals surface area contributed by atoms with Crippen LogP contribution in [0.15, 0.2) is 54.2 Å². The standard InChI is InChI=1S/C22H23NO3/c1-4-25-22(24)18-13-23-19-11-15(3)8-9-20(19)26-21(23)12-17(18)16-7-5-6-14(2)10-16/h5-11,13,17,21H,4,12H2,1-3H3/t17-,21?/m0/s1. The molecule has 4 rings (SSSR count). The van der Waals surface area contributed by atoms with E-state index in [9.17, 15) is 4.79 Å². The van der Waals surface area contributed by atoms with E-state index < -0.39 is 0 Å². The number of hydrogen-bond acceptors (Lipinski definition) is 4. The van der Waals surface area contributed by atoms with Gasteiger partial charge in [-0.3, -0.25) is 0 Å². The van der Waals surface area contributed by atoms with Crippen molar-refractivity contribution in [3.8, 4) is 5.75 Å². The van der Waals surface area contributed by atoms with Crippen LogP contribution in [0.25, 0.3) is 0 Å². The maximum Gasteiger partial charge on any atom is 0.336 e. The number of anilines is 1. The molecule has 0 N–H and O–H groups in total. The third-order valence-corrected chi connectivity index (χ3v) is 5.01. The highest BCUT2D eigenvalue weighted by Gasteiger charge is 2.40. The maximum atomic E-state index is 12.7. The molecular formula is C22H23NO3. The predicted octanol–water partition coefficient (Wildman–Crippen LogP) is 4.46. The first kappa shape index (κ1) is 16.7. The highest BCUT2D eigenvalue weighted by Crippen LogP contribution is 2.46. The highest BCUT2D eigenvalue weighted by atomic mass is 16.5. The molecule has 2 heterocycles. The molecule has 0 amide bonds. The Kier molecular flexibility index (Phi) is 4.19. The van der Waals surface area contributed by atoms with Gasteiger partial charge in [-0.15, -0.1) is 0 Å². The number of fused-ring (bicyclic) bond motifs is 3. The van der Waals surface area contributed by atoms with E-state index in [0.29, 0.717) is 18.6 Å². The summed E-state index contributed by atoms with van der Waals surface area (Å²) in [6, 6.07) is 14.5. The Labute approximate surface area is 154 Å². The molecule has 0 aromatic heterocycles. The summed E-state index contributed by atoms with van der Waals surface area (Å²) in [5.41, 5.74) is 5.17. The zero-order chi connectivity index (χ0) is 18.3. The Morgan fingerprint density at radius 3 is 2.77 bits per heavy atom. The lowest BCUT2D eigenvalue weighted by Crippen LogP contribution is -2.38. The van der Waals surface area contributed by atoms with Gasteiger partial charge >= 0.3 is 5.97 Å². The topological polar surface area (TPSA) is 38.8 Å². The van der Waals surface area contributed by atoms with Gasteiger partial charge in [0.2, 0.25) is 0 Å². The first-order valence-corrected chi connectivity index (χ1v) is 9.08. The summed E-state index contributed by atoms with van der Waals surface area (Å²) in [6.07, 6.45) is 2.53. The van der Waals surface area contributed by atoms with E-state index in [2.05, 4.69) is 43.0 Å². The second kappa shape index (κ2) is 6.52. The highest BCUT2D eigenvalue weighted by molar-refractivity contribution is 5.91. The predicted molar refractivity (Wildman–Crippen MR) is 101 cm³/mol. The SMILES string of the molecule is CCOC(=O)C1=CN2c3cc(C)ccc3OC2C[C@H]1c1cccc(C)c1. The summed E-state index contributed by atoms with van der Waals surface area (Å²) in [5, 5.41) is 0. The molecule has 2 atom stereocenters. The van der Waals surface area contributed by atoms with Crippen LogP contribution in [0, 0.1) is 13.8 Å². The second-order valence-corrected chi connectivity index (χ2v) is 6.96. The molecule has 1 unspecified atom stereocenters. The first-order valence-electron chi connectivity index (χ1n) is 9.08. The van der Waals surface area contributed by atoms with E-state index in [-0.39, 0.29) is 18.1 Å². The molecule has 2 aromatic rings. The minimum absolute atomic E-state index is 0.0365. The Morgan fingerprint density at radius 1 is 1.19 bits per heavy atom. The van der Waals surface area contributed by atoms with E-state index in [1.165, 1.54) is 11.1 Å². The van der Waals surface area contributed by atoms with Crippen molar-refractivity contribution in [3.05, 3.63) is 70.9 Å². The van der Waals surface area contributed by atoms with E-state index >= 15 is 0 Å². The average molecular weight is 349 g/mol. The summed E-state index contributed by atoms with van der Waals surface area (Å²) in [7, 11) is 0. The summed E-state index contributed by atoms with van der Waals surface area (Å²) >= 11 is 0. The monoisotopic (exact) mass is 349 g/mol. The normalized spacial score (nSPS) is 20.7. The zero-order valence-corrected chi connectivity index (χ0v) is 15.4. The van der Waals surface area contributed by atoms with Crippen molar-refractivity contribution in [2.75, 3.05) is 11.5 Å². The van der Waals surface area contributed by atoms with Gasteiger partial charge in [-0.05, 0) is 44.0 Å². The van der Waals surface area contributed by atoms with Crippen LogP contribution in [0.2, 0.25) is 0 Å². The van der Waals surface area contributed by atoms with Gasteiger partial charge in [0.1, 0.15) is 5.75 Å². The number of esters is 1. The van der Waals surface area contributed by atoms with Crippen LogP contribution in [0.1, 0.15) is 36.0 Å². The van der Waals surface area contributed by atoms with Gasteiger partial charge in [-0.2, -0.15) is 0 Å². The van der Waals surface area contributed by atoms with Gasteiger partial charge < -0.3 is 14.4 Å². The molecule has 2 aromatic carbocycles. The lowest BCUT2D eigenvalue weighted by atomic mass is 9.85. The molecule has 0 radical (unpaired) electrons. The van der Waals surface area contributed by atoms with Crippen molar-refractivity contribution in [2.24, 2.45) is 0 Å².